The van der Waals surface area contributed by atoms with Gasteiger partial charge in [0.25, 0.3) is 10.0 Å². The van der Waals surface area contributed by atoms with E-state index in [0.717, 1.165) is 50.0 Å². The fraction of sp³-hybridized carbons (Fsp3) is 0.406. The number of H-pyrrole nitrogens is 1. The minimum absolute atomic E-state index is 0.0859. The van der Waals surface area contributed by atoms with Crippen molar-refractivity contribution < 1.29 is 17.6 Å². The fourth-order valence-electron chi connectivity index (χ4n) is 6.93. The fourth-order valence-corrected chi connectivity index (χ4v) is 8.42. The van der Waals surface area contributed by atoms with Crippen molar-refractivity contribution in [3.8, 4) is 0 Å². The van der Waals surface area contributed by atoms with E-state index in [1.807, 2.05) is 18.3 Å². The molecule has 0 radical (unpaired) electrons. The zero-order chi connectivity index (χ0) is 28.8. The molecule has 0 bridgehead atoms. The van der Waals surface area contributed by atoms with E-state index < -0.39 is 16.1 Å². The molecule has 42 heavy (non-hydrogen) atoms. The van der Waals surface area contributed by atoms with Crippen LogP contribution in [0.25, 0.3) is 10.9 Å². The minimum Gasteiger partial charge on any atom is -0.448 e. The lowest BCUT2D eigenvalue weighted by Gasteiger charge is -2.43. The number of carbonyl (C=O) groups excluding carboxylic acids is 1. The molecule has 220 valence electrons. The van der Waals surface area contributed by atoms with Gasteiger partial charge in [0.05, 0.1) is 11.6 Å². The number of piperazine rings is 1. The van der Waals surface area contributed by atoms with E-state index in [0.29, 0.717) is 37.5 Å². The molecular weight excluding hydrogens is 550 g/mol. The number of sulfonamides is 1. The number of hydrogen-bond donors (Lipinski definition) is 2. The maximum absolute atomic E-state index is 14.5. The van der Waals surface area contributed by atoms with Gasteiger partial charge in [-0.3, -0.25) is 9.69 Å². The summed E-state index contributed by atoms with van der Waals surface area (Å²) in [5, 5.41) is 4.74. The van der Waals surface area contributed by atoms with Gasteiger partial charge in [0.2, 0.25) is 5.09 Å². The lowest BCUT2D eigenvalue weighted by atomic mass is 9.88. The van der Waals surface area contributed by atoms with Crippen LogP contribution in [0.15, 0.2) is 70.3 Å². The number of hydrogen-bond acceptors (Lipinski definition) is 7. The third-order valence-electron chi connectivity index (χ3n) is 9.17. The van der Waals surface area contributed by atoms with Crippen LogP contribution in [0.1, 0.15) is 40.9 Å². The highest BCUT2D eigenvalue weighted by Gasteiger charge is 2.40. The van der Waals surface area contributed by atoms with Crippen LogP contribution in [0.5, 0.6) is 0 Å². The first-order valence-electron chi connectivity index (χ1n) is 14.9. The van der Waals surface area contributed by atoms with Gasteiger partial charge in [-0.15, -0.1) is 0 Å². The van der Waals surface area contributed by atoms with Crippen LogP contribution in [0.3, 0.4) is 0 Å². The molecule has 0 saturated carbocycles. The molecule has 7 rings (SSSR count). The van der Waals surface area contributed by atoms with E-state index in [9.17, 15) is 13.2 Å². The highest BCUT2D eigenvalue weighted by Crippen LogP contribution is 2.33. The van der Waals surface area contributed by atoms with Crippen LogP contribution in [0.2, 0.25) is 0 Å². The lowest BCUT2D eigenvalue weighted by Crippen LogP contribution is -2.58. The molecule has 3 aliphatic rings. The maximum Gasteiger partial charge on any atom is 0.276 e. The molecule has 2 unspecified atom stereocenters. The van der Waals surface area contributed by atoms with Crippen molar-refractivity contribution in [1.29, 1.82) is 0 Å². The van der Waals surface area contributed by atoms with Gasteiger partial charge in [-0.1, -0.05) is 24.3 Å². The predicted molar refractivity (Wildman–Crippen MR) is 164 cm³/mol. The van der Waals surface area contributed by atoms with E-state index in [1.54, 1.807) is 6.92 Å². The van der Waals surface area contributed by atoms with E-state index in [4.69, 9.17) is 4.42 Å². The monoisotopic (exact) mass is 587 g/mol. The molecule has 0 amide bonds. The average molecular weight is 588 g/mol. The number of aromatic amines is 1. The van der Waals surface area contributed by atoms with Crippen LogP contribution < -0.4 is 10.2 Å². The Kier molecular flexibility index (Phi) is 7.08. The van der Waals surface area contributed by atoms with Crippen molar-refractivity contribution in [3.05, 3.63) is 77.7 Å². The second-order valence-electron chi connectivity index (χ2n) is 11.6. The first-order valence-corrected chi connectivity index (χ1v) is 16.4. The normalized spacial score (nSPS) is 20.9. The number of benzene rings is 2. The van der Waals surface area contributed by atoms with E-state index in [2.05, 4.69) is 56.5 Å². The summed E-state index contributed by atoms with van der Waals surface area (Å²) in [5.41, 5.74) is 4.98. The number of fused-ring (bicyclic) bond motifs is 2. The minimum atomic E-state index is -3.76. The number of nitrogens with zero attached hydrogens (tertiary/aromatic N) is 3. The van der Waals surface area contributed by atoms with Crippen molar-refractivity contribution in [1.82, 2.24) is 14.2 Å². The number of ketones is 1. The van der Waals surface area contributed by atoms with Crippen LogP contribution in [-0.2, 0) is 16.4 Å². The van der Waals surface area contributed by atoms with Gasteiger partial charge in [-0.2, -0.15) is 4.31 Å². The van der Waals surface area contributed by atoms with E-state index in [-0.39, 0.29) is 16.9 Å². The van der Waals surface area contributed by atoms with Gasteiger partial charge in [0.15, 0.2) is 5.78 Å². The van der Waals surface area contributed by atoms with E-state index >= 15 is 0 Å². The molecule has 10 heteroatoms. The van der Waals surface area contributed by atoms with Crippen molar-refractivity contribution >= 4 is 38.1 Å². The number of furan rings is 1. The predicted octanol–water partition coefficient (Wildman–Crippen LogP) is 4.65. The van der Waals surface area contributed by atoms with Crippen LogP contribution in [0.4, 0.5) is 11.4 Å². The molecule has 2 fully saturated rings. The lowest BCUT2D eigenvalue weighted by molar-refractivity contribution is 0.0769. The summed E-state index contributed by atoms with van der Waals surface area (Å²) < 4.78 is 33.8. The maximum atomic E-state index is 14.5. The van der Waals surface area contributed by atoms with Crippen LogP contribution in [-0.4, -0.2) is 79.7 Å². The number of anilines is 2. The first kappa shape index (κ1) is 27.2. The molecule has 2 atom stereocenters. The summed E-state index contributed by atoms with van der Waals surface area (Å²) in [5.74, 6) is 0.272. The Morgan fingerprint density at radius 2 is 1.76 bits per heavy atom. The van der Waals surface area contributed by atoms with Crippen LogP contribution in [0, 0.1) is 6.92 Å². The zero-order valence-electron chi connectivity index (χ0n) is 23.9. The first-order chi connectivity index (χ1) is 20.4. The molecule has 5 heterocycles. The topological polar surface area (TPSA) is 102 Å². The summed E-state index contributed by atoms with van der Waals surface area (Å²) in [4.78, 5) is 22.4. The summed E-state index contributed by atoms with van der Waals surface area (Å²) in [6, 6.07) is 17.6. The highest BCUT2D eigenvalue weighted by atomic mass is 32.2. The number of rotatable bonds is 7. The van der Waals surface area contributed by atoms with Gasteiger partial charge in [-0.25, -0.2) is 8.42 Å². The molecule has 4 aromatic rings. The van der Waals surface area contributed by atoms with E-state index in [1.165, 1.54) is 27.0 Å². The summed E-state index contributed by atoms with van der Waals surface area (Å²) in [6.07, 6.45) is 5.34. The Balaban J connectivity index is 1.18. The molecule has 3 aliphatic heterocycles. The molecule has 2 aromatic carbocycles. The van der Waals surface area contributed by atoms with Gasteiger partial charge in [-0.05, 0) is 62.4 Å². The van der Waals surface area contributed by atoms with Gasteiger partial charge in [0, 0.05) is 79.9 Å². The average Bonchev–Trinajstić information content (AvgIpc) is 3.79. The zero-order valence-corrected chi connectivity index (χ0v) is 24.7. The quantitative estimate of drug-likeness (QED) is 0.304. The molecule has 0 spiro atoms. The van der Waals surface area contributed by atoms with Crippen molar-refractivity contribution in [2.24, 2.45) is 0 Å². The molecular formula is C32H37N5O4S. The Morgan fingerprint density at radius 1 is 0.976 bits per heavy atom. The largest absolute Gasteiger partial charge is 0.448 e. The standard InChI is InChI=1S/C32H37N5O4S/c1-22-25(21-30(41-22)42(39,40)37-15-4-5-16-37)32(38)31(28-12-11-23-7-2-3-8-26(23)34-28)36-19-17-35(18-20-36)29-10-6-9-27-24(29)13-14-33-27/h2-3,6-10,13-14,21,28,31,33-34H,4-5,11-12,15-20H2,1H3. The van der Waals surface area contributed by atoms with Crippen molar-refractivity contribution in [3.63, 3.8) is 0 Å². The van der Waals surface area contributed by atoms with Crippen molar-refractivity contribution in [2.45, 2.75) is 49.8 Å². The second-order valence-corrected chi connectivity index (χ2v) is 13.5. The third kappa shape index (κ3) is 4.81. The highest BCUT2D eigenvalue weighted by molar-refractivity contribution is 7.89. The number of carbonyl (C=O) groups is 1. The number of para-hydroxylation sites is 1. The van der Waals surface area contributed by atoms with Crippen LogP contribution >= 0.6 is 0 Å². The Morgan fingerprint density at radius 3 is 2.57 bits per heavy atom. The smallest absolute Gasteiger partial charge is 0.276 e. The summed E-state index contributed by atoms with van der Waals surface area (Å²) in [7, 11) is -3.76. The molecule has 2 N–H and O–H groups in total. The second kappa shape index (κ2) is 10.9. The Bertz CT molecular complexity index is 1710. The summed E-state index contributed by atoms with van der Waals surface area (Å²) >= 11 is 0. The summed E-state index contributed by atoms with van der Waals surface area (Å²) in [6.45, 7) is 5.68. The third-order valence-corrected chi connectivity index (χ3v) is 10.9. The van der Waals surface area contributed by atoms with Crippen molar-refractivity contribution in [2.75, 3.05) is 49.5 Å². The SMILES string of the molecule is Cc1oc(S(=O)(=O)N2CCCC2)cc1C(=O)C(C1CCc2ccccc2N1)N1CCN(c2cccc3[nH]ccc23)CC1. The Labute approximate surface area is 246 Å². The number of Topliss-reactive ketones (excluding diaryl/α,β-unsaturated/α-hetero) is 1. The number of aryl methyl sites for hydroxylation is 2. The van der Waals surface area contributed by atoms with Gasteiger partial charge in [0.1, 0.15) is 5.76 Å². The molecule has 2 saturated heterocycles. The van der Waals surface area contributed by atoms with Gasteiger partial charge >= 0.3 is 0 Å². The molecule has 0 aliphatic carbocycles. The molecule has 2 aromatic heterocycles. The Hall–Kier alpha value is -3.60. The number of aromatic nitrogens is 1. The van der Waals surface area contributed by atoms with Gasteiger partial charge < -0.3 is 19.6 Å². The molecule has 9 nitrogen and oxygen atoms in total. The number of nitrogens with one attached hydrogen (secondary N) is 2.